The number of thiazole rings is 1. The van der Waals surface area contributed by atoms with E-state index in [4.69, 9.17) is 9.40 Å². The van der Waals surface area contributed by atoms with Gasteiger partial charge < -0.3 is 9.32 Å². The second-order valence-corrected chi connectivity index (χ2v) is 13.8. The van der Waals surface area contributed by atoms with E-state index in [1.54, 1.807) is 11.3 Å². The van der Waals surface area contributed by atoms with Crippen LogP contribution in [-0.2, 0) is 0 Å². The van der Waals surface area contributed by atoms with E-state index in [2.05, 4.69) is 181 Å². The van der Waals surface area contributed by atoms with Crippen molar-refractivity contribution in [3.8, 4) is 32.8 Å². The summed E-state index contributed by atoms with van der Waals surface area (Å²) in [6.07, 6.45) is 0. The predicted molar refractivity (Wildman–Crippen MR) is 215 cm³/mol. The molecule has 0 atom stereocenters. The van der Waals surface area contributed by atoms with Crippen LogP contribution < -0.4 is 4.90 Å². The number of hydrogen-bond acceptors (Lipinski definition) is 4. The fourth-order valence-corrected chi connectivity index (χ4v) is 8.33. The van der Waals surface area contributed by atoms with Crippen molar-refractivity contribution >= 4 is 71.3 Å². The lowest BCUT2D eigenvalue weighted by molar-refractivity contribution is 0.669. The van der Waals surface area contributed by atoms with Crippen molar-refractivity contribution in [3.05, 3.63) is 182 Å². The maximum atomic E-state index is 6.62. The predicted octanol–water partition coefficient (Wildman–Crippen LogP) is 13.8. The molecule has 51 heavy (non-hydrogen) atoms. The van der Waals surface area contributed by atoms with Gasteiger partial charge in [-0.2, -0.15) is 0 Å². The van der Waals surface area contributed by atoms with E-state index in [-0.39, 0.29) is 0 Å². The SMILES string of the molecule is c1ccc(-c2nc3ccc4oc5cc(N(c6ccc(-c7ccc8ccccc8c7)cc6)c6ccccc6-c6ccccc6)ccc5c4c3s2)cc1. The van der Waals surface area contributed by atoms with E-state index in [0.29, 0.717) is 0 Å². The standard InChI is InChI=1S/C47H30N2OS/c1-3-12-33(13-4-1)39-17-9-10-18-42(39)49(37-23-21-32(22-24-37)36-20-19-31-11-7-8-16-35(31)29-36)38-25-26-40-44(30-38)50-43-28-27-41-46(45(40)43)51-47(48-41)34-14-5-2-6-15-34/h1-30H. The molecular formula is C47H30N2OS. The summed E-state index contributed by atoms with van der Waals surface area (Å²) in [7, 11) is 0. The van der Waals surface area contributed by atoms with Crippen LogP contribution in [0.3, 0.4) is 0 Å². The van der Waals surface area contributed by atoms with Gasteiger partial charge in [0, 0.05) is 39.3 Å². The number of benzene rings is 8. The van der Waals surface area contributed by atoms with E-state index >= 15 is 0 Å². The Morgan fingerprint density at radius 2 is 1.16 bits per heavy atom. The summed E-state index contributed by atoms with van der Waals surface area (Å²) < 4.78 is 7.76. The highest BCUT2D eigenvalue weighted by Crippen LogP contribution is 2.45. The lowest BCUT2D eigenvalue weighted by Gasteiger charge is -2.28. The minimum absolute atomic E-state index is 0.847. The van der Waals surface area contributed by atoms with Crippen LogP contribution in [-0.4, -0.2) is 4.98 Å². The lowest BCUT2D eigenvalue weighted by atomic mass is 9.99. The average Bonchev–Trinajstić information content (AvgIpc) is 3.81. The summed E-state index contributed by atoms with van der Waals surface area (Å²) in [5.74, 6) is 0. The highest BCUT2D eigenvalue weighted by Gasteiger charge is 2.20. The molecule has 0 saturated heterocycles. The minimum Gasteiger partial charge on any atom is -0.456 e. The van der Waals surface area contributed by atoms with Crippen LogP contribution in [0.25, 0.3) is 75.8 Å². The normalized spacial score (nSPS) is 11.5. The van der Waals surface area contributed by atoms with Crippen LogP contribution in [0.2, 0.25) is 0 Å². The van der Waals surface area contributed by atoms with Crippen molar-refractivity contribution in [2.24, 2.45) is 0 Å². The number of hydrogen-bond donors (Lipinski definition) is 0. The fourth-order valence-electron chi connectivity index (χ4n) is 7.21. The second kappa shape index (κ2) is 12.1. The zero-order chi connectivity index (χ0) is 33.7. The molecule has 2 heterocycles. The van der Waals surface area contributed by atoms with Gasteiger partial charge in [-0.3, -0.25) is 0 Å². The van der Waals surface area contributed by atoms with Crippen LogP contribution >= 0.6 is 11.3 Å². The quantitative estimate of drug-likeness (QED) is 0.176. The Hall–Kier alpha value is -6.49. The maximum Gasteiger partial charge on any atom is 0.137 e. The van der Waals surface area contributed by atoms with Gasteiger partial charge in [-0.15, -0.1) is 11.3 Å². The van der Waals surface area contributed by atoms with Crippen molar-refractivity contribution in [3.63, 3.8) is 0 Å². The van der Waals surface area contributed by atoms with Crippen LogP contribution in [0.1, 0.15) is 0 Å². The first-order valence-corrected chi connectivity index (χ1v) is 17.9. The summed E-state index contributed by atoms with van der Waals surface area (Å²) >= 11 is 1.72. The number of para-hydroxylation sites is 1. The number of rotatable bonds is 6. The van der Waals surface area contributed by atoms with Crippen molar-refractivity contribution < 1.29 is 4.42 Å². The molecule has 10 rings (SSSR count). The Morgan fingerprint density at radius 3 is 1.98 bits per heavy atom. The molecule has 0 spiro atoms. The summed E-state index contributed by atoms with van der Waals surface area (Å²) in [6.45, 7) is 0. The number of fused-ring (bicyclic) bond motifs is 6. The van der Waals surface area contributed by atoms with E-state index < -0.39 is 0 Å². The molecule has 0 radical (unpaired) electrons. The lowest BCUT2D eigenvalue weighted by Crippen LogP contribution is -2.11. The largest absolute Gasteiger partial charge is 0.456 e. The monoisotopic (exact) mass is 670 g/mol. The Kier molecular flexibility index (Phi) is 7.00. The average molecular weight is 671 g/mol. The van der Waals surface area contributed by atoms with Crippen molar-refractivity contribution in [1.29, 1.82) is 0 Å². The Bertz CT molecular complexity index is 2850. The molecule has 0 aliphatic rings. The van der Waals surface area contributed by atoms with Gasteiger partial charge in [0.2, 0.25) is 0 Å². The fraction of sp³-hybridized carbons (Fsp3) is 0. The molecule has 8 aromatic carbocycles. The third-order valence-electron chi connectivity index (χ3n) is 9.69. The second-order valence-electron chi connectivity index (χ2n) is 12.8. The van der Waals surface area contributed by atoms with Crippen molar-refractivity contribution in [1.82, 2.24) is 4.98 Å². The van der Waals surface area contributed by atoms with Gasteiger partial charge in [-0.1, -0.05) is 127 Å². The topological polar surface area (TPSA) is 29.3 Å². The van der Waals surface area contributed by atoms with Crippen LogP contribution in [0.4, 0.5) is 17.1 Å². The molecule has 0 N–H and O–H groups in total. The van der Waals surface area contributed by atoms with Gasteiger partial charge in [0.05, 0.1) is 15.9 Å². The first-order chi connectivity index (χ1) is 25.3. The molecule has 0 aliphatic heterocycles. The van der Waals surface area contributed by atoms with Crippen LogP contribution in [0.15, 0.2) is 186 Å². The first-order valence-electron chi connectivity index (χ1n) is 17.1. The van der Waals surface area contributed by atoms with Gasteiger partial charge in [-0.25, -0.2) is 4.98 Å². The third-order valence-corrected chi connectivity index (χ3v) is 10.8. The number of nitrogens with zero attached hydrogens (tertiary/aromatic N) is 2. The molecule has 10 aromatic rings. The molecule has 0 fully saturated rings. The van der Waals surface area contributed by atoms with Crippen molar-refractivity contribution in [2.45, 2.75) is 0 Å². The highest BCUT2D eigenvalue weighted by molar-refractivity contribution is 7.22. The summed E-state index contributed by atoms with van der Waals surface area (Å²) in [5.41, 5.74) is 11.7. The molecule has 2 aromatic heterocycles. The summed E-state index contributed by atoms with van der Waals surface area (Å²) in [6, 6.07) is 64.4. The van der Waals surface area contributed by atoms with Gasteiger partial charge in [0.25, 0.3) is 0 Å². The maximum absolute atomic E-state index is 6.62. The Labute approximate surface area is 299 Å². The molecule has 4 heteroatoms. The third kappa shape index (κ3) is 5.16. The first kappa shape index (κ1) is 29.4. The van der Waals surface area contributed by atoms with Gasteiger partial charge in [0.1, 0.15) is 16.2 Å². The van der Waals surface area contributed by atoms with Crippen LogP contribution in [0, 0.1) is 0 Å². The van der Waals surface area contributed by atoms with E-state index in [0.717, 1.165) is 70.9 Å². The summed E-state index contributed by atoms with van der Waals surface area (Å²) in [5, 5.41) is 5.70. The van der Waals surface area contributed by atoms with E-state index in [1.807, 2.05) is 6.07 Å². The molecule has 3 nitrogen and oxygen atoms in total. The molecule has 0 saturated carbocycles. The number of aromatic nitrogens is 1. The number of furan rings is 1. The van der Waals surface area contributed by atoms with Gasteiger partial charge >= 0.3 is 0 Å². The van der Waals surface area contributed by atoms with Gasteiger partial charge in [0.15, 0.2) is 0 Å². The molecular weight excluding hydrogens is 641 g/mol. The zero-order valence-electron chi connectivity index (χ0n) is 27.5. The van der Waals surface area contributed by atoms with Crippen molar-refractivity contribution in [2.75, 3.05) is 4.90 Å². The number of anilines is 3. The molecule has 0 aliphatic carbocycles. The minimum atomic E-state index is 0.847. The molecule has 0 amide bonds. The smallest absolute Gasteiger partial charge is 0.137 e. The Balaban J connectivity index is 1.12. The molecule has 0 bridgehead atoms. The Morgan fingerprint density at radius 1 is 0.471 bits per heavy atom. The van der Waals surface area contributed by atoms with E-state index in [1.165, 1.54) is 21.9 Å². The van der Waals surface area contributed by atoms with Gasteiger partial charge in [-0.05, 0) is 76.0 Å². The summed E-state index contributed by atoms with van der Waals surface area (Å²) in [4.78, 5) is 7.34. The highest BCUT2D eigenvalue weighted by atomic mass is 32.1. The molecule has 240 valence electrons. The zero-order valence-corrected chi connectivity index (χ0v) is 28.3. The van der Waals surface area contributed by atoms with Crippen LogP contribution in [0.5, 0.6) is 0 Å². The molecule has 0 unspecified atom stereocenters. The van der Waals surface area contributed by atoms with E-state index in [9.17, 15) is 0 Å².